The van der Waals surface area contributed by atoms with E-state index in [1.165, 1.54) is 48.7 Å². The SMILES string of the molecule is CC(C)N1CC(S(=N)(=O)NC(=O)Nc2c3c(cc4c2CCC4)CCC3)C1.CC(C)N1CC(S(=O)NC(=O)Nc2c3c(cc4c2CCC4)CCC3)C1.Cln1nnc2ccccc21. The van der Waals surface area contributed by atoms with Gasteiger partial charge in [0.15, 0.2) is 0 Å². The number of likely N-dealkylation sites (tertiary alicyclic amines) is 2. The Morgan fingerprint density at radius 3 is 1.67 bits per heavy atom. The molecule has 2 saturated heterocycles. The number of nitrogens with one attached hydrogen (secondary N) is 5. The van der Waals surface area contributed by atoms with Crippen LogP contribution in [0.5, 0.6) is 0 Å². The van der Waals surface area contributed by atoms with Crippen molar-refractivity contribution < 1.29 is 18.0 Å². The molecule has 61 heavy (non-hydrogen) atoms. The van der Waals surface area contributed by atoms with Crippen molar-refractivity contribution in [3.63, 3.8) is 0 Å². The monoisotopic (exact) mass is 890 g/mol. The van der Waals surface area contributed by atoms with Crippen LogP contribution in [0.1, 0.15) is 97.9 Å². The standard InChI is InChI=1S/C19H28N4O2S.C19H27N3O2S.C6H4ClN3/c1-12(2)23-10-15(11-23)26(20,25)22-19(24)21-18-16-7-3-5-13(16)9-14-6-4-8-17(14)18;1-12(2)22-10-15(11-22)25(24)21-19(23)20-18-16-7-3-5-13(16)9-14-6-4-8-17(14)18;7-10-6-4-2-1-3-5(6)8-9-10/h9,12,15H,3-8,10-11H2,1-2H3,(H3,20,21,22,24,25);9,12,15H,3-8,10-11H2,1-2H3,(H2,20,21,23);1-4H. The van der Waals surface area contributed by atoms with Crippen molar-refractivity contribution in [1.29, 1.82) is 4.78 Å². The molecular weight excluding hydrogens is 832 g/mol. The number of nitrogens with zero attached hydrogens (tertiary/aromatic N) is 5. The number of aryl methyl sites for hydroxylation is 4. The molecule has 0 saturated carbocycles. The van der Waals surface area contributed by atoms with Crippen molar-refractivity contribution in [2.24, 2.45) is 0 Å². The first-order valence-electron chi connectivity index (χ1n) is 21.9. The second-order valence-electron chi connectivity index (χ2n) is 17.8. The summed E-state index contributed by atoms with van der Waals surface area (Å²) in [4.78, 5) is 29.4. The van der Waals surface area contributed by atoms with E-state index >= 15 is 0 Å². The zero-order valence-electron chi connectivity index (χ0n) is 35.7. The van der Waals surface area contributed by atoms with E-state index in [0.717, 1.165) is 113 Å². The number of halogens is 1. The lowest BCUT2D eigenvalue weighted by atomic mass is 9.99. The fourth-order valence-corrected chi connectivity index (χ4v) is 12.1. The van der Waals surface area contributed by atoms with Crippen LogP contribution in [-0.2, 0) is 72.3 Å². The molecule has 2 fully saturated rings. The van der Waals surface area contributed by atoms with Crippen molar-refractivity contribution in [2.45, 2.75) is 127 Å². The summed E-state index contributed by atoms with van der Waals surface area (Å²) >= 11 is 5.62. The summed E-state index contributed by atoms with van der Waals surface area (Å²) in [6.07, 6.45) is 13.0. The van der Waals surface area contributed by atoms with Crippen molar-refractivity contribution in [1.82, 2.24) is 33.8 Å². The minimum atomic E-state index is -3.14. The van der Waals surface area contributed by atoms with Gasteiger partial charge in [-0.15, -0.1) is 5.10 Å². The number of rotatable bonds is 8. The molecule has 0 spiro atoms. The molecule has 14 nitrogen and oxygen atoms in total. The van der Waals surface area contributed by atoms with Crippen LogP contribution in [0.15, 0.2) is 36.4 Å². The summed E-state index contributed by atoms with van der Waals surface area (Å²) in [7, 11) is -4.46. The number of urea groups is 2. The lowest BCUT2D eigenvalue weighted by Gasteiger charge is -2.42. The third-order valence-electron chi connectivity index (χ3n) is 13.2. The minimum Gasteiger partial charge on any atom is -0.307 e. The molecular formula is C44H59ClN10O4S2. The molecule has 10 rings (SSSR count). The molecule has 0 radical (unpaired) electrons. The zero-order valence-corrected chi connectivity index (χ0v) is 38.0. The van der Waals surface area contributed by atoms with Crippen LogP contribution in [0.2, 0.25) is 0 Å². The van der Waals surface area contributed by atoms with Crippen LogP contribution < -0.4 is 20.1 Å². The fraction of sp³-hybridized carbons (Fsp3) is 0.545. The summed E-state index contributed by atoms with van der Waals surface area (Å²) in [6, 6.07) is 12.2. The first-order chi connectivity index (χ1) is 29.3. The Bertz CT molecular complexity index is 2380. The normalized spacial score (nSPS) is 19.6. The van der Waals surface area contributed by atoms with E-state index in [1.54, 1.807) is 0 Å². The Hall–Kier alpha value is -4.09. The Labute approximate surface area is 367 Å². The molecule has 3 aromatic carbocycles. The van der Waals surface area contributed by atoms with E-state index in [1.807, 2.05) is 24.3 Å². The minimum absolute atomic E-state index is 0.0420. The molecule has 2 aliphatic heterocycles. The first-order valence-corrected chi connectivity index (χ1v) is 25.0. The summed E-state index contributed by atoms with van der Waals surface area (Å²) in [6.45, 7) is 11.2. The molecule has 328 valence electrons. The largest absolute Gasteiger partial charge is 0.331 e. The number of fused-ring (bicyclic) bond motifs is 5. The topological polar surface area (TPSA) is 177 Å². The number of benzene rings is 3. The summed E-state index contributed by atoms with van der Waals surface area (Å²) < 4.78 is 39.6. The highest BCUT2D eigenvalue weighted by Gasteiger charge is 2.37. The van der Waals surface area contributed by atoms with Gasteiger partial charge in [0.2, 0.25) is 0 Å². The number of anilines is 2. The Balaban J connectivity index is 0.000000138. The van der Waals surface area contributed by atoms with E-state index in [4.69, 9.17) is 16.6 Å². The molecule has 1 aromatic heterocycles. The number of para-hydroxylation sites is 1. The molecule has 4 aliphatic carbocycles. The lowest BCUT2D eigenvalue weighted by molar-refractivity contribution is 0.143. The number of carbonyl (C=O) groups excluding carboxylic acids is 2. The van der Waals surface area contributed by atoms with E-state index in [2.05, 4.69) is 80.0 Å². The average Bonchev–Trinajstić information content (AvgIpc) is 4.01. The highest BCUT2D eigenvalue weighted by molar-refractivity contribution is 7.91. The summed E-state index contributed by atoms with van der Waals surface area (Å²) in [5.41, 5.74) is 14.2. The fourth-order valence-electron chi connectivity index (χ4n) is 9.58. The molecule has 2 unspecified atom stereocenters. The first kappa shape index (κ1) is 43.6. The van der Waals surface area contributed by atoms with Gasteiger partial charge >= 0.3 is 12.1 Å². The number of aromatic nitrogens is 3. The van der Waals surface area contributed by atoms with E-state index in [0.29, 0.717) is 25.2 Å². The van der Waals surface area contributed by atoms with Crippen LogP contribution >= 0.6 is 11.8 Å². The summed E-state index contributed by atoms with van der Waals surface area (Å²) in [5, 5.41) is 13.2. The third kappa shape index (κ3) is 9.48. The van der Waals surface area contributed by atoms with Gasteiger partial charge in [-0.3, -0.25) is 19.2 Å². The van der Waals surface area contributed by atoms with Gasteiger partial charge < -0.3 is 10.6 Å². The molecule has 5 N–H and O–H groups in total. The van der Waals surface area contributed by atoms with Crippen LogP contribution in [0.4, 0.5) is 21.0 Å². The molecule has 4 aromatic rings. The molecule has 0 bridgehead atoms. The number of carbonyl (C=O) groups is 2. The maximum Gasteiger partial charge on any atom is 0.331 e. The van der Waals surface area contributed by atoms with Gasteiger partial charge in [-0.25, -0.2) is 22.8 Å². The number of hydrogen-bond acceptors (Lipinski definition) is 9. The van der Waals surface area contributed by atoms with Gasteiger partial charge in [-0.2, -0.15) is 4.20 Å². The predicted molar refractivity (Wildman–Crippen MR) is 244 cm³/mol. The third-order valence-corrected chi connectivity index (χ3v) is 16.4. The lowest BCUT2D eigenvalue weighted by Crippen LogP contribution is -2.59. The van der Waals surface area contributed by atoms with Crippen LogP contribution in [-0.4, -0.2) is 93.6 Å². The van der Waals surface area contributed by atoms with Crippen molar-refractivity contribution in [2.75, 3.05) is 36.8 Å². The second kappa shape index (κ2) is 18.3. The smallest absolute Gasteiger partial charge is 0.307 e. The van der Waals surface area contributed by atoms with E-state index in [9.17, 15) is 18.0 Å². The van der Waals surface area contributed by atoms with Crippen LogP contribution in [0, 0.1) is 4.78 Å². The molecule has 2 atom stereocenters. The van der Waals surface area contributed by atoms with E-state index < -0.39 is 26.9 Å². The molecule has 6 aliphatic rings. The average molecular weight is 892 g/mol. The van der Waals surface area contributed by atoms with Gasteiger partial charge in [-0.1, -0.05) is 24.3 Å². The molecule has 17 heteroatoms. The maximum absolute atomic E-state index is 12.7. The highest BCUT2D eigenvalue weighted by Crippen LogP contribution is 2.40. The van der Waals surface area contributed by atoms with E-state index in [-0.39, 0.29) is 16.5 Å². The van der Waals surface area contributed by atoms with Crippen molar-refractivity contribution in [3.8, 4) is 0 Å². The Kier molecular flexibility index (Phi) is 13.1. The van der Waals surface area contributed by atoms with Gasteiger partial charge in [0.25, 0.3) is 0 Å². The zero-order chi connectivity index (χ0) is 43.0. The second-order valence-corrected chi connectivity index (χ2v) is 21.6. The maximum atomic E-state index is 12.7. The molecule has 3 heterocycles. The molecule has 4 amide bonds. The predicted octanol–water partition coefficient (Wildman–Crippen LogP) is 6.81. The highest BCUT2D eigenvalue weighted by atomic mass is 35.5. The number of amides is 4. The summed E-state index contributed by atoms with van der Waals surface area (Å²) in [5.74, 6) is 0. The Morgan fingerprint density at radius 1 is 0.738 bits per heavy atom. The number of hydrogen-bond donors (Lipinski definition) is 5. The van der Waals surface area contributed by atoms with Gasteiger partial charge in [0.05, 0.1) is 10.5 Å². The van der Waals surface area contributed by atoms with Gasteiger partial charge in [0.1, 0.15) is 31.9 Å². The van der Waals surface area contributed by atoms with Gasteiger partial charge in [0, 0.05) is 61.4 Å². The Morgan fingerprint density at radius 2 is 1.20 bits per heavy atom. The van der Waals surface area contributed by atoms with Crippen LogP contribution in [0.25, 0.3) is 11.0 Å². The van der Waals surface area contributed by atoms with Crippen molar-refractivity contribution >= 4 is 67.1 Å². The van der Waals surface area contributed by atoms with Crippen molar-refractivity contribution in [3.05, 3.63) is 80.9 Å². The van der Waals surface area contributed by atoms with Crippen LogP contribution in [0.3, 0.4) is 0 Å². The van der Waals surface area contributed by atoms with Gasteiger partial charge in [-0.05, 0) is 167 Å². The quantitative estimate of drug-likeness (QED) is 0.128.